The second-order valence-electron chi connectivity index (χ2n) is 15.4. The van der Waals surface area contributed by atoms with E-state index >= 15 is 0 Å². The Morgan fingerprint density at radius 1 is 0.593 bits per heavy atom. The fraction of sp³-hybridized carbons (Fsp3) is 0.875. The van der Waals surface area contributed by atoms with Gasteiger partial charge in [-0.05, 0) is 32.1 Å². The molecule has 0 radical (unpaired) electrons. The molecule has 59 heavy (non-hydrogen) atoms. The maximum atomic E-state index is 12.7. The fourth-order valence-corrected chi connectivity index (χ4v) is 7.06. The maximum Gasteiger partial charge on any atom is 0.220 e. The first-order valence-electron chi connectivity index (χ1n) is 21.1. The molecule has 0 spiro atoms. The first-order chi connectivity index (χ1) is 28.3. The Morgan fingerprint density at radius 2 is 1.08 bits per heavy atom. The Hall–Kier alpha value is -1.73. The first kappa shape index (κ1) is 51.6. The summed E-state index contributed by atoms with van der Waals surface area (Å²) in [6, 6.07) is -0.978. The van der Waals surface area contributed by atoms with Crippen LogP contribution >= 0.6 is 0 Å². The van der Waals surface area contributed by atoms with Gasteiger partial charge in [0.2, 0.25) is 5.91 Å². The molecule has 12 N–H and O–H groups in total. The lowest BCUT2D eigenvalue weighted by Crippen LogP contribution is -2.66. The molecule has 3 fully saturated rings. The van der Waals surface area contributed by atoms with Crippen LogP contribution in [0.2, 0.25) is 0 Å². The van der Waals surface area contributed by atoms with E-state index < -0.39 is 124 Å². The van der Waals surface area contributed by atoms with Gasteiger partial charge < -0.3 is 89.9 Å². The van der Waals surface area contributed by atoms with Crippen molar-refractivity contribution in [2.24, 2.45) is 0 Å². The normalized spacial score (nSPS) is 36.6. The van der Waals surface area contributed by atoms with E-state index in [1.54, 1.807) is 12.2 Å². The number of unbranched alkanes of at least 4 members (excludes halogenated alkanes) is 8. The number of hydrogen-bond donors (Lipinski definition) is 12. The molecule has 0 aromatic carbocycles. The Bertz CT molecular complexity index is 1210. The minimum atomic E-state index is -1.97. The Balaban J connectivity index is 1.59. The summed E-state index contributed by atoms with van der Waals surface area (Å²) in [6.45, 7) is 1.33. The predicted octanol–water partition coefficient (Wildman–Crippen LogP) is -1.87. The van der Waals surface area contributed by atoms with Gasteiger partial charge in [0.05, 0.1) is 38.6 Å². The Morgan fingerprint density at radius 3 is 1.68 bits per heavy atom. The van der Waals surface area contributed by atoms with E-state index in [0.29, 0.717) is 12.8 Å². The van der Waals surface area contributed by atoms with Crippen LogP contribution in [0, 0.1) is 0 Å². The predicted molar refractivity (Wildman–Crippen MR) is 208 cm³/mol. The Labute approximate surface area is 346 Å². The highest BCUT2D eigenvalue weighted by atomic mass is 16.8. The van der Waals surface area contributed by atoms with Gasteiger partial charge in [-0.15, -0.1) is 0 Å². The second-order valence-corrected chi connectivity index (χ2v) is 15.4. The number of hydrogen-bond acceptors (Lipinski definition) is 18. The average Bonchev–Trinajstić information content (AvgIpc) is 3.23. The van der Waals surface area contributed by atoms with E-state index in [9.17, 15) is 61.0 Å². The van der Waals surface area contributed by atoms with Gasteiger partial charge in [-0.2, -0.15) is 0 Å². The number of allylic oxidation sites excluding steroid dienone is 3. The highest BCUT2D eigenvalue weighted by molar-refractivity contribution is 5.76. The van der Waals surface area contributed by atoms with E-state index in [1.807, 2.05) is 6.92 Å². The average molecular weight is 854 g/mol. The number of amides is 1. The third kappa shape index (κ3) is 15.5. The van der Waals surface area contributed by atoms with Gasteiger partial charge in [-0.3, -0.25) is 4.79 Å². The molecule has 3 saturated heterocycles. The molecule has 0 aliphatic carbocycles. The molecule has 17 unspecified atom stereocenters. The maximum absolute atomic E-state index is 12.7. The fourth-order valence-electron chi connectivity index (χ4n) is 7.06. The van der Waals surface area contributed by atoms with E-state index in [0.717, 1.165) is 25.7 Å². The van der Waals surface area contributed by atoms with Crippen LogP contribution < -0.4 is 5.32 Å². The third-order valence-electron chi connectivity index (χ3n) is 10.8. The summed E-state index contributed by atoms with van der Waals surface area (Å²) in [6.07, 6.45) is -7.76. The van der Waals surface area contributed by atoms with E-state index in [-0.39, 0.29) is 18.9 Å². The van der Waals surface area contributed by atoms with Gasteiger partial charge in [0.1, 0.15) is 73.2 Å². The standard InChI is InChI=1S/C40H71NO18/c1-3-5-7-8-9-10-11-12-13-14-15-16-17-24(45)23(41-28(46)18-6-4-2)22-54-38-34(52)31(49)36(26(20-43)56-38)59-40-35(53)32(50)37(27(21-44)57-40)58-39-33(51)30(48)29(47)25(19-42)55-39/h12-13,16-17,23-27,29-40,42-45,47-53H,3-11,14-15,18-22H2,1-2H3,(H,41,46)/b13-12+,17-16+. The monoisotopic (exact) mass is 853 g/mol. The molecule has 3 heterocycles. The van der Waals surface area contributed by atoms with Gasteiger partial charge in [-0.25, -0.2) is 0 Å². The van der Waals surface area contributed by atoms with Crippen LogP contribution in [0.15, 0.2) is 24.3 Å². The summed E-state index contributed by atoms with van der Waals surface area (Å²) < 4.78 is 33.7. The molecular weight excluding hydrogens is 782 g/mol. The number of ether oxygens (including phenoxy) is 6. The molecule has 0 aromatic rings. The zero-order chi connectivity index (χ0) is 43.5. The van der Waals surface area contributed by atoms with Crippen LogP contribution in [0.3, 0.4) is 0 Å². The van der Waals surface area contributed by atoms with Crippen molar-refractivity contribution in [3.8, 4) is 0 Å². The summed E-state index contributed by atoms with van der Waals surface area (Å²) in [5.41, 5.74) is 0. The van der Waals surface area contributed by atoms with Crippen molar-refractivity contribution in [3.05, 3.63) is 24.3 Å². The number of carbonyl (C=O) groups excluding carboxylic acids is 1. The van der Waals surface area contributed by atoms with Crippen LogP contribution in [0.25, 0.3) is 0 Å². The molecular formula is C40H71NO18. The Kier molecular flexibility index (Phi) is 23.9. The summed E-state index contributed by atoms with van der Waals surface area (Å²) in [5.74, 6) is -0.326. The van der Waals surface area contributed by atoms with E-state index in [4.69, 9.17) is 28.4 Å². The van der Waals surface area contributed by atoms with Gasteiger partial charge >= 0.3 is 0 Å². The van der Waals surface area contributed by atoms with Gasteiger partial charge in [0, 0.05) is 6.42 Å². The summed E-state index contributed by atoms with van der Waals surface area (Å²) in [7, 11) is 0. The van der Waals surface area contributed by atoms with Crippen molar-refractivity contribution in [1.29, 1.82) is 0 Å². The van der Waals surface area contributed by atoms with Gasteiger partial charge in [0.15, 0.2) is 18.9 Å². The van der Waals surface area contributed by atoms with Crippen molar-refractivity contribution in [1.82, 2.24) is 5.32 Å². The highest BCUT2D eigenvalue weighted by Crippen LogP contribution is 2.32. The molecule has 3 rings (SSSR count). The van der Waals surface area contributed by atoms with Crippen molar-refractivity contribution >= 4 is 5.91 Å². The van der Waals surface area contributed by atoms with E-state index in [1.165, 1.54) is 32.1 Å². The molecule has 0 aromatic heterocycles. The SMILES string of the molecule is CCCCCCCC/C=C/CC/C=C/C(O)C(COC1OC(CO)C(OC2OC(CO)C(OC3OC(CO)C(O)C(O)C3O)C(O)C2O)C(O)C1O)NC(=O)CCCC. The summed E-state index contributed by atoms with van der Waals surface area (Å²) >= 11 is 0. The number of carbonyl (C=O) groups is 1. The topological polar surface area (TPSA) is 307 Å². The summed E-state index contributed by atoms with van der Waals surface area (Å²) in [5, 5.41) is 118. The number of rotatable bonds is 26. The molecule has 3 aliphatic rings. The molecule has 0 bridgehead atoms. The lowest BCUT2D eigenvalue weighted by molar-refractivity contribution is -0.379. The highest BCUT2D eigenvalue weighted by Gasteiger charge is 2.53. The lowest BCUT2D eigenvalue weighted by atomic mass is 9.96. The lowest BCUT2D eigenvalue weighted by Gasteiger charge is -2.48. The molecule has 344 valence electrons. The molecule has 3 aliphatic heterocycles. The smallest absolute Gasteiger partial charge is 0.220 e. The van der Waals surface area contributed by atoms with Crippen molar-refractivity contribution in [2.45, 2.75) is 195 Å². The molecule has 19 nitrogen and oxygen atoms in total. The van der Waals surface area contributed by atoms with Crippen LogP contribution in [-0.2, 0) is 33.2 Å². The van der Waals surface area contributed by atoms with Crippen LogP contribution in [0.1, 0.15) is 90.9 Å². The number of aliphatic hydroxyl groups is 11. The van der Waals surface area contributed by atoms with Crippen LogP contribution in [0.5, 0.6) is 0 Å². The zero-order valence-corrected chi connectivity index (χ0v) is 34.2. The van der Waals surface area contributed by atoms with Crippen LogP contribution in [0.4, 0.5) is 0 Å². The first-order valence-corrected chi connectivity index (χ1v) is 21.1. The van der Waals surface area contributed by atoms with Crippen LogP contribution in [-0.4, -0.2) is 193 Å². The summed E-state index contributed by atoms with van der Waals surface area (Å²) in [4.78, 5) is 12.7. The van der Waals surface area contributed by atoms with E-state index in [2.05, 4.69) is 24.4 Å². The number of nitrogens with one attached hydrogen (secondary N) is 1. The molecule has 0 saturated carbocycles. The van der Waals surface area contributed by atoms with Crippen molar-refractivity contribution in [2.75, 3.05) is 26.4 Å². The number of aliphatic hydroxyl groups excluding tert-OH is 11. The van der Waals surface area contributed by atoms with Crippen molar-refractivity contribution < 1.29 is 89.4 Å². The zero-order valence-electron chi connectivity index (χ0n) is 34.2. The second kappa shape index (κ2) is 27.4. The molecule has 19 heteroatoms. The van der Waals surface area contributed by atoms with Gasteiger partial charge in [-0.1, -0.05) is 76.7 Å². The van der Waals surface area contributed by atoms with Gasteiger partial charge in [0.25, 0.3) is 0 Å². The third-order valence-corrected chi connectivity index (χ3v) is 10.8. The minimum absolute atomic E-state index is 0.210. The molecule has 17 atom stereocenters. The molecule has 1 amide bonds. The quantitative estimate of drug-likeness (QED) is 0.0335. The van der Waals surface area contributed by atoms with Crippen molar-refractivity contribution in [3.63, 3.8) is 0 Å². The largest absolute Gasteiger partial charge is 0.394 e. The minimum Gasteiger partial charge on any atom is -0.394 e.